The van der Waals surface area contributed by atoms with Gasteiger partial charge in [0.1, 0.15) is 0 Å². The molecule has 3 unspecified atom stereocenters. The zero-order valence-electron chi connectivity index (χ0n) is 16.6. The van der Waals surface area contributed by atoms with Crippen LogP contribution in [0.5, 0.6) is 0 Å². The van der Waals surface area contributed by atoms with Crippen molar-refractivity contribution in [3.8, 4) is 0 Å². The Bertz CT molecular complexity index is 664. The standard InChI is InChI=1S/C21H32N4O2/c1-14-12-25(13-15(2)27-14)21-22-11-17-18(9-6-10-19(17)24-21)23-20(26)16-7-4-3-5-8-16/h11,14-16,18H,3-10,12-13H2,1-2H3,(H,23,26). The highest BCUT2D eigenvalue weighted by Crippen LogP contribution is 2.31. The number of carbonyl (C=O) groups is 1. The van der Waals surface area contributed by atoms with Crippen LogP contribution in [0.2, 0.25) is 0 Å². The predicted molar refractivity (Wildman–Crippen MR) is 105 cm³/mol. The summed E-state index contributed by atoms with van der Waals surface area (Å²) in [5, 5.41) is 3.31. The molecule has 1 aromatic rings. The van der Waals surface area contributed by atoms with E-state index in [1.165, 1.54) is 19.3 Å². The molecule has 148 valence electrons. The summed E-state index contributed by atoms with van der Waals surface area (Å²) >= 11 is 0. The van der Waals surface area contributed by atoms with Crippen LogP contribution < -0.4 is 10.2 Å². The molecule has 2 heterocycles. The van der Waals surface area contributed by atoms with Crippen molar-refractivity contribution >= 4 is 11.9 Å². The van der Waals surface area contributed by atoms with Crippen LogP contribution in [0.1, 0.15) is 76.1 Å². The number of nitrogens with one attached hydrogen (secondary N) is 1. The number of nitrogens with zero attached hydrogens (tertiary/aromatic N) is 3. The van der Waals surface area contributed by atoms with Crippen LogP contribution in [0.25, 0.3) is 0 Å². The molecule has 2 fully saturated rings. The molecule has 0 aromatic carbocycles. The summed E-state index contributed by atoms with van der Waals surface area (Å²) in [7, 11) is 0. The third-order valence-electron chi connectivity index (χ3n) is 6.16. The number of hydrogen-bond acceptors (Lipinski definition) is 5. The van der Waals surface area contributed by atoms with Gasteiger partial charge in [-0.3, -0.25) is 4.79 Å². The quantitative estimate of drug-likeness (QED) is 0.883. The Morgan fingerprint density at radius 3 is 2.59 bits per heavy atom. The fourth-order valence-corrected chi connectivity index (χ4v) is 4.83. The van der Waals surface area contributed by atoms with Gasteiger partial charge in [0.05, 0.1) is 23.9 Å². The van der Waals surface area contributed by atoms with E-state index in [0.717, 1.165) is 62.4 Å². The van der Waals surface area contributed by atoms with E-state index in [0.29, 0.717) is 0 Å². The summed E-state index contributed by atoms with van der Waals surface area (Å²) in [6, 6.07) is 0.0692. The molecule has 3 aliphatic rings. The van der Waals surface area contributed by atoms with Crippen LogP contribution in [0.4, 0.5) is 5.95 Å². The monoisotopic (exact) mass is 372 g/mol. The molecule has 3 atom stereocenters. The van der Waals surface area contributed by atoms with Crippen molar-refractivity contribution in [1.82, 2.24) is 15.3 Å². The van der Waals surface area contributed by atoms with Gasteiger partial charge in [0.25, 0.3) is 0 Å². The number of rotatable bonds is 3. The van der Waals surface area contributed by atoms with E-state index < -0.39 is 0 Å². The minimum atomic E-state index is 0.0692. The molecule has 1 aliphatic heterocycles. The lowest BCUT2D eigenvalue weighted by Crippen LogP contribution is -2.46. The number of ether oxygens (including phenoxy) is 1. The zero-order chi connectivity index (χ0) is 18.8. The van der Waals surface area contributed by atoms with Crippen molar-refractivity contribution < 1.29 is 9.53 Å². The first kappa shape index (κ1) is 18.7. The molecule has 1 saturated heterocycles. The summed E-state index contributed by atoms with van der Waals surface area (Å²) in [6.07, 6.45) is 11.1. The van der Waals surface area contributed by atoms with Gasteiger partial charge < -0.3 is 15.0 Å². The van der Waals surface area contributed by atoms with Gasteiger partial charge in [-0.15, -0.1) is 0 Å². The van der Waals surface area contributed by atoms with Crippen molar-refractivity contribution in [3.63, 3.8) is 0 Å². The molecule has 1 N–H and O–H groups in total. The van der Waals surface area contributed by atoms with Crippen molar-refractivity contribution in [2.24, 2.45) is 5.92 Å². The highest BCUT2D eigenvalue weighted by Gasteiger charge is 2.29. The van der Waals surface area contributed by atoms with Gasteiger partial charge in [-0.05, 0) is 46.0 Å². The summed E-state index contributed by atoms with van der Waals surface area (Å²) in [6.45, 7) is 5.84. The normalized spacial score (nSPS) is 29.3. The molecule has 0 radical (unpaired) electrons. The average molecular weight is 373 g/mol. The van der Waals surface area contributed by atoms with Gasteiger partial charge in [0.15, 0.2) is 0 Å². The molecule has 6 heteroatoms. The molecular weight excluding hydrogens is 340 g/mol. The van der Waals surface area contributed by atoms with Crippen molar-refractivity contribution in [1.29, 1.82) is 0 Å². The Labute approximate surface area is 162 Å². The SMILES string of the molecule is CC1CN(c2ncc3c(n2)CCCC3NC(=O)C2CCCCC2)CC(C)O1. The highest BCUT2D eigenvalue weighted by molar-refractivity contribution is 5.79. The maximum Gasteiger partial charge on any atom is 0.225 e. The second kappa shape index (κ2) is 8.13. The Kier molecular flexibility index (Phi) is 5.62. The molecule has 0 bridgehead atoms. The number of aromatic nitrogens is 2. The predicted octanol–water partition coefficient (Wildman–Crippen LogP) is 3.16. The van der Waals surface area contributed by atoms with E-state index in [4.69, 9.17) is 9.72 Å². The van der Waals surface area contributed by atoms with Crippen molar-refractivity contribution in [2.75, 3.05) is 18.0 Å². The van der Waals surface area contributed by atoms with Crippen LogP contribution in [0, 0.1) is 5.92 Å². The van der Waals surface area contributed by atoms with Crippen molar-refractivity contribution in [3.05, 3.63) is 17.5 Å². The van der Waals surface area contributed by atoms with E-state index >= 15 is 0 Å². The van der Waals surface area contributed by atoms with E-state index in [2.05, 4.69) is 29.0 Å². The zero-order valence-corrected chi connectivity index (χ0v) is 16.6. The molecule has 2 aliphatic carbocycles. The molecule has 27 heavy (non-hydrogen) atoms. The minimum absolute atomic E-state index is 0.0692. The second-order valence-corrected chi connectivity index (χ2v) is 8.52. The van der Waals surface area contributed by atoms with E-state index in [1.54, 1.807) is 0 Å². The van der Waals surface area contributed by atoms with E-state index in [1.807, 2.05) is 6.20 Å². The Hall–Kier alpha value is -1.69. The summed E-state index contributed by atoms with van der Waals surface area (Å²) < 4.78 is 5.82. The number of morpholine rings is 1. The maximum atomic E-state index is 12.7. The Morgan fingerprint density at radius 2 is 1.85 bits per heavy atom. The topological polar surface area (TPSA) is 67.4 Å². The number of carbonyl (C=O) groups excluding carboxylic acids is 1. The van der Waals surface area contributed by atoms with Gasteiger partial charge >= 0.3 is 0 Å². The lowest BCUT2D eigenvalue weighted by molar-refractivity contribution is -0.126. The molecule has 1 aromatic heterocycles. The number of hydrogen-bond donors (Lipinski definition) is 1. The van der Waals surface area contributed by atoms with E-state index in [-0.39, 0.29) is 30.1 Å². The first-order valence-corrected chi connectivity index (χ1v) is 10.7. The fraction of sp³-hybridized carbons (Fsp3) is 0.762. The van der Waals surface area contributed by atoms with Crippen LogP contribution in [0.15, 0.2) is 6.20 Å². The second-order valence-electron chi connectivity index (χ2n) is 8.52. The molecule has 0 spiro atoms. The van der Waals surface area contributed by atoms with Crippen LogP contribution in [-0.4, -0.2) is 41.2 Å². The lowest BCUT2D eigenvalue weighted by atomic mass is 9.87. The number of anilines is 1. The van der Waals surface area contributed by atoms with Gasteiger partial charge in [0, 0.05) is 30.8 Å². The lowest BCUT2D eigenvalue weighted by Gasteiger charge is -2.36. The Balaban J connectivity index is 1.47. The minimum Gasteiger partial charge on any atom is -0.372 e. The number of amides is 1. The van der Waals surface area contributed by atoms with Crippen LogP contribution in [0.3, 0.4) is 0 Å². The van der Waals surface area contributed by atoms with Gasteiger partial charge in [-0.1, -0.05) is 19.3 Å². The summed E-state index contributed by atoms with van der Waals surface area (Å²) in [5.74, 6) is 1.23. The molecule has 1 saturated carbocycles. The van der Waals surface area contributed by atoms with Gasteiger partial charge in [-0.2, -0.15) is 0 Å². The fourth-order valence-electron chi connectivity index (χ4n) is 4.83. The molecule has 6 nitrogen and oxygen atoms in total. The third kappa shape index (κ3) is 4.26. The van der Waals surface area contributed by atoms with E-state index in [9.17, 15) is 4.79 Å². The summed E-state index contributed by atoms with van der Waals surface area (Å²) in [5.41, 5.74) is 2.22. The van der Waals surface area contributed by atoms with Crippen LogP contribution in [-0.2, 0) is 16.0 Å². The van der Waals surface area contributed by atoms with Gasteiger partial charge in [-0.25, -0.2) is 9.97 Å². The molecule has 1 amide bonds. The highest BCUT2D eigenvalue weighted by atomic mass is 16.5. The summed E-state index contributed by atoms with van der Waals surface area (Å²) in [4.78, 5) is 24.5. The van der Waals surface area contributed by atoms with Crippen molar-refractivity contribution in [2.45, 2.75) is 83.5 Å². The maximum absolute atomic E-state index is 12.7. The average Bonchev–Trinajstić information content (AvgIpc) is 2.68. The number of aryl methyl sites for hydroxylation is 1. The first-order valence-electron chi connectivity index (χ1n) is 10.7. The first-order chi connectivity index (χ1) is 13.1. The smallest absolute Gasteiger partial charge is 0.225 e. The molecule has 4 rings (SSSR count). The molecular formula is C21H32N4O2. The largest absolute Gasteiger partial charge is 0.372 e. The Morgan fingerprint density at radius 1 is 1.11 bits per heavy atom. The van der Waals surface area contributed by atoms with Gasteiger partial charge in [0.2, 0.25) is 11.9 Å². The third-order valence-corrected chi connectivity index (χ3v) is 6.16. The number of fused-ring (bicyclic) bond motifs is 1. The van der Waals surface area contributed by atoms with Crippen LogP contribution >= 0.6 is 0 Å².